The van der Waals surface area contributed by atoms with Gasteiger partial charge in [-0.15, -0.1) is 0 Å². The third kappa shape index (κ3) is 3.47. The molecule has 1 aromatic rings. The number of nitrogens with one attached hydrogen (secondary N) is 1. The lowest BCUT2D eigenvalue weighted by Gasteiger charge is -2.23. The predicted molar refractivity (Wildman–Crippen MR) is 68.5 cm³/mol. The van der Waals surface area contributed by atoms with Crippen LogP contribution in [0.5, 0.6) is 0 Å². The second kappa shape index (κ2) is 5.89. The molecular weight excluding hydrogens is 264 g/mol. The second-order valence-corrected chi connectivity index (χ2v) is 4.93. The first-order valence-corrected chi connectivity index (χ1v) is 6.42. The summed E-state index contributed by atoms with van der Waals surface area (Å²) < 4.78 is 18.6. The van der Waals surface area contributed by atoms with Crippen LogP contribution in [-0.4, -0.2) is 19.3 Å². The minimum absolute atomic E-state index is 0.181. The van der Waals surface area contributed by atoms with E-state index in [1.165, 1.54) is 18.6 Å². The molecule has 5 heteroatoms. The van der Waals surface area contributed by atoms with Gasteiger partial charge in [-0.25, -0.2) is 4.39 Å². The van der Waals surface area contributed by atoms with Crippen LogP contribution in [0.4, 0.5) is 10.1 Å². The van der Waals surface area contributed by atoms with Crippen molar-refractivity contribution < 1.29 is 9.13 Å². The molecular formula is C12H14Cl2FNO. The Balaban J connectivity index is 1.98. The van der Waals surface area contributed by atoms with E-state index in [1.54, 1.807) is 0 Å². The molecule has 0 saturated carbocycles. The quantitative estimate of drug-likeness (QED) is 0.898. The Kier molecular flexibility index (Phi) is 4.48. The fraction of sp³-hybridized carbons (Fsp3) is 0.500. The summed E-state index contributed by atoms with van der Waals surface area (Å²) in [7, 11) is 0. The molecule has 1 unspecified atom stereocenters. The molecule has 0 amide bonds. The van der Waals surface area contributed by atoms with Crippen LogP contribution in [0.1, 0.15) is 19.3 Å². The first kappa shape index (κ1) is 12.9. The lowest BCUT2D eigenvalue weighted by atomic mass is 10.1. The van der Waals surface area contributed by atoms with Crippen molar-refractivity contribution in [3.05, 3.63) is 28.0 Å². The molecule has 0 radical (unpaired) electrons. The van der Waals surface area contributed by atoms with Gasteiger partial charge in [0, 0.05) is 13.2 Å². The number of halogens is 3. The van der Waals surface area contributed by atoms with Crippen molar-refractivity contribution >= 4 is 28.9 Å². The molecule has 1 N–H and O–H groups in total. The van der Waals surface area contributed by atoms with E-state index in [0.717, 1.165) is 19.4 Å². The molecule has 1 aliphatic heterocycles. The highest BCUT2D eigenvalue weighted by Crippen LogP contribution is 2.31. The van der Waals surface area contributed by atoms with Crippen molar-refractivity contribution in [1.82, 2.24) is 0 Å². The van der Waals surface area contributed by atoms with Crippen LogP contribution in [-0.2, 0) is 4.74 Å². The SMILES string of the molecule is Fc1cc(Cl)c(NCC2CCCCO2)c(Cl)c1. The zero-order valence-corrected chi connectivity index (χ0v) is 10.8. The van der Waals surface area contributed by atoms with Crippen molar-refractivity contribution in [2.24, 2.45) is 0 Å². The molecule has 0 bridgehead atoms. The molecule has 2 rings (SSSR count). The summed E-state index contributed by atoms with van der Waals surface area (Å²) >= 11 is 11.8. The molecule has 1 fully saturated rings. The van der Waals surface area contributed by atoms with Crippen molar-refractivity contribution in [3.63, 3.8) is 0 Å². The van der Waals surface area contributed by atoms with Gasteiger partial charge in [0.05, 0.1) is 21.8 Å². The molecule has 2 nitrogen and oxygen atoms in total. The summed E-state index contributed by atoms with van der Waals surface area (Å²) in [5, 5.41) is 3.72. The van der Waals surface area contributed by atoms with Crippen LogP contribution in [0.2, 0.25) is 10.0 Å². The van der Waals surface area contributed by atoms with Crippen LogP contribution < -0.4 is 5.32 Å². The van der Waals surface area contributed by atoms with Crippen LogP contribution in [0.3, 0.4) is 0 Å². The van der Waals surface area contributed by atoms with E-state index in [1.807, 2.05) is 0 Å². The first-order chi connectivity index (χ1) is 8.16. The van der Waals surface area contributed by atoms with E-state index in [2.05, 4.69) is 5.32 Å². The standard InChI is InChI=1S/C12H14Cl2FNO/c13-10-5-8(15)6-11(14)12(10)16-7-9-3-1-2-4-17-9/h5-6,9,16H,1-4,7H2. The van der Waals surface area contributed by atoms with Gasteiger partial charge in [-0.05, 0) is 31.4 Å². The summed E-state index contributed by atoms with van der Waals surface area (Å²) in [5.74, 6) is -0.431. The Labute approximate surface area is 110 Å². The largest absolute Gasteiger partial charge is 0.380 e. The molecule has 1 aliphatic rings. The van der Waals surface area contributed by atoms with E-state index in [9.17, 15) is 4.39 Å². The van der Waals surface area contributed by atoms with Gasteiger partial charge in [0.1, 0.15) is 5.82 Å². The summed E-state index contributed by atoms with van der Waals surface area (Å²) in [6, 6.07) is 2.50. The number of hydrogen-bond acceptors (Lipinski definition) is 2. The zero-order valence-electron chi connectivity index (χ0n) is 9.31. The minimum atomic E-state index is -0.431. The summed E-state index contributed by atoms with van der Waals surface area (Å²) in [5.41, 5.74) is 0.573. The van der Waals surface area contributed by atoms with Gasteiger partial charge >= 0.3 is 0 Å². The molecule has 17 heavy (non-hydrogen) atoms. The minimum Gasteiger partial charge on any atom is -0.380 e. The van der Waals surface area contributed by atoms with E-state index < -0.39 is 5.82 Å². The van der Waals surface area contributed by atoms with Gasteiger partial charge in [-0.1, -0.05) is 23.2 Å². The summed E-state index contributed by atoms with van der Waals surface area (Å²) in [6.45, 7) is 1.45. The number of ether oxygens (including phenoxy) is 1. The van der Waals surface area contributed by atoms with Crippen LogP contribution in [0, 0.1) is 5.82 Å². The fourth-order valence-corrected chi connectivity index (χ4v) is 2.49. The number of benzene rings is 1. The third-order valence-corrected chi connectivity index (χ3v) is 3.38. The normalized spacial score (nSPS) is 20.3. The van der Waals surface area contributed by atoms with Gasteiger partial charge in [0.15, 0.2) is 0 Å². The van der Waals surface area contributed by atoms with Crippen molar-refractivity contribution in [1.29, 1.82) is 0 Å². The second-order valence-electron chi connectivity index (χ2n) is 4.11. The molecule has 0 spiro atoms. The van der Waals surface area contributed by atoms with Crippen LogP contribution in [0.15, 0.2) is 12.1 Å². The van der Waals surface area contributed by atoms with E-state index >= 15 is 0 Å². The van der Waals surface area contributed by atoms with Crippen molar-refractivity contribution in [2.45, 2.75) is 25.4 Å². The van der Waals surface area contributed by atoms with E-state index in [4.69, 9.17) is 27.9 Å². The Morgan fingerprint density at radius 3 is 2.59 bits per heavy atom. The van der Waals surface area contributed by atoms with Crippen LogP contribution in [0.25, 0.3) is 0 Å². The van der Waals surface area contributed by atoms with E-state index in [-0.39, 0.29) is 6.10 Å². The molecule has 0 aliphatic carbocycles. The maximum atomic E-state index is 13.0. The molecule has 0 aromatic heterocycles. The summed E-state index contributed by atoms with van der Waals surface area (Å²) in [6.07, 6.45) is 3.51. The highest BCUT2D eigenvalue weighted by Gasteiger charge is 2.15. The molecule has 94 valence electrons. The molecule has 1 saturated heterocycles. The highest BCUT2D eigenvalue weighted by atomic mass is 35.5. The Morgan fingerprint density at radius 1 is 1.29 bits per heavy atom. The molecule has 1 atom stereocenters. The first-order valence-electron chi connectivity index (χ1n) is 5.67. The molecule has 1 aromatic carbocycles. The number of anilines is 1. The number of rotatable bonds is 3. The zero-order chi connectivity index (χ0) is 12.3. The number of hydrogen-bond donors (Lipinski definition) is 1. The predicted octanol–water partition coefficient (Wildman–Crippen LogP) is 4.11. The van der Waals surface area contributed by atoms with Gasteiger partial charge < -0.3 is 10.1 Å². The lowest BCUT2D eigenvalue weighted by molar-refractivity contribution is 0.0247. The fourth-order valence-electron chi connectivity index (χ4n) is 1.90. The van der Waals surface area contributed by atoms with Crippen LogP contribution >= 0.6 is 23.2 Å². The van der Waals surface area contributed by atoms with Gasteiger partial charge in [-0.2, -0.15) is 0 Å². The lowest BCUT2D eigenvalue weighted by Crippen LogP contribution is -2.27. The van der Waals surface area contributed by atoms with E-state index in [0.29, 0.717) is 22.3 Å². The third-order valence-electron chi connectivity index (χ3n) is 2.79. The van der Waals surface area contributed by atoms with Crippen molar-refractivity contribution in [3.8, 4) is 0 Å². The highest BCUT2D eigenvalue weighted by molar-refractivity contribution is 6.39. The maximum Gasteiger partial charge on any atom is 0.126 e. The smallest absolute Gasteiger partial charge is 0.126 e. The Bertz CT molecular complexity index is 371. The monoisotopic (exact) mass is 277 g/mol. The Hall–Kier alpha value is -0.510. The average Bonchev–Trinajstić information content (AvgIpc) is 2.29. The topological polar surface area (TPSA) is 21.3 Å². The maximum absolute atomic E-state index is 13.0. The molecule has 1 heterocycles. The average molecular weight is 278 g/mol. The van der Waals surface area contributed by atoms with Gasteiger partial charge in [-0.3, -0.25) is 0 Å². The summed E-state index contributed by atoms with van der Waals surface area (Å²) in [4.78, 5) is 0. The van der Waals surface area contributed by atoms with Crippen molar-refractivity contribution in [2.75, 3.05) is 18.5 Å². The van der Waals surface area contributed by atoms with Gasteiger partial charge in [0.25, 0.3) is 0 Å². The Morgan fingerprint density at radius 2 is 2.00 bits per heavy atom. The van der Waals surface area contributed by atoms with Gasteiger partial charge in [0.2, 0.25) is 0 Å².